The van der Waals surface area contributed by atoms with Gasteiger partial charge in [0.25, 0.3) is 0 Å². The molecule has 1 aliphatic carbocycles. The van der Waals surface area contributed by atoms with Crippen molar-refractivity contribution in [1.82, 2.24) is 0 Å². The summed E-state index contributed by atoms with van der Waals surface area (Å²) in [5.41, 5.74) is 16.3. The number of nitrogens with zero attached hydrogens (tertiary/aromatic N) is 1. The molecule has 58 heavy (non-hydrogen) atoms. The van der Waals surface area contributed by atoms with Gasteiger partial charge >= 0.3 is 0 Å². The number of fused-ring (bicyclic) bond motifs is 10. The minimum absolute atomic E-state index is 0.138. The van der Waals surface area contributed by atoms with E-state index in [1.165, 1.54) is 44.2 Å². The Balaban J connectivity index is 1.10. The molecule has 2 heterocycles. The van der Waals surface area contributed by atoms with Crippen LogP contribution in [-0.4, -0.2) is 0 Å². The summed E-state index contributed by atoms with van der Waals surface area (Å²) in [5.74, 6) is 0. The average Bonchev–Trinajstić information content (AvgIpc) is 3.90. The Labute approximate surface area is 336 Å². The maximum Gasteiger partial charge on any atom is 0.144 e. The Hall–Kier alpha value is -7.36. The number of furan rings is 2. The lowest BCUT2D eigenvalue weighted by Gasteiger charge is -2.28. The van der Waals surface area contributed by atoms with Gasteiger partial charge in [0, 0.05) is 49.6 Å². The largest absolute Gasteiger partial charge is 0.456 e. The quantitative estimate of drug-likeness (QED) is 0.176. The molecule has 0 saturated heterocycles. The van der Waals surface area contributed by atoms with Crippen LogP contribution < -0.4 is 4.90 Å². The Morgan fingerprint density at radius 3 is 2.02 bits per heavy atom. The van der Waals surface area contributed by atoms with Crippen molar-refractivity contribution in [3.05, 3.63) is 199 Å². The molecule has 0 bridgehead atoms. The van der Waals surface area contributed by atoms with Gasteiger partial charge in [-0.2, -0.15) is 0 Å². The number of anilines is 3. The summed E-state index contributed by atoms with van der Waals surface area (Å²) in [6.45, 7) is 4.69. The lowest BCUT2D eigenvalue weighted by molar-refractivity contribution is 0.660. The van der Waals surface area contributed by atoms with Crippen LogP contribution in [0.3, 0.4) is 0 Å². The molecule has 0 N–H and O–H groups in total. The van der Waals surface area contributed by atoms with Crippen LogP contribution in [0.1, 0.15) is 25.0 Å². The zero-order valence-electron chi connectivity index (χ0n) is 32.2. The number of para-hydroxylation sites is 1. The van der Waals surface area contributed by atoms with E-state index in [-0.39, 0.29) is 5.41 Å². The first kappa shape index (κ1) is 32.8. The van der Waals surface area contributed by atoms with Gasteiger partial charge in [-0.15, -0.1) is 0 Å². The molecule has 2 aromatic heterocycles. The van der Waals surface area contributed by atoms with Crippen LogP contribution in [0.2, 0.25) is 0 Å². The van der Waals surface area contributed by atoms with E-state index in [2.05, 4.69) is 201 Å². The molecule has 0 radical (unpaired) electrons. The highest BCUT2D eigenvalue weighted by atomic mass is 16.3. The van der Waals surface area contributed by atoms with Crippen molar-refractivity contribution in [2.45, 2.75) is 19.3 Å². The van der Waals surface area contributed by atoms with Gasteiger partial charge in [0.05, 0.1) is 0 Å². The molecule has 0 saturated carbocycles. The molecule has 3 nitrogen and oxygen atoms in total. The number of hydrogen-bond donors (Lipinski definition) is 0. The molecule has 12 rings (SSSR count). The molecule has 3 heteroatoms. The SMILES string of the molecule is CC1(C)c2ccccc2-c2ccc(N(c3cccc(-c4ccccc4)c3)c3ccc4oc5c(-c6ccc7ccccc7c6)c6c(cc5c4c3)oc3ccccc36)cc21. The minimum Gasteiger partial charge on any atom is -0.456 e. The van der Waals surface area contributed by atoms with Crippen LogP contribution in [0.4, 0.5) is 17.1 Å². The predicted molar refractivity (Wildman–Crippen MR) is 242 cm³/mol. The highest BCUT2D eigenvalue weighted by Crippen LogP contribution is 2.52. The summed E-state index contributed by atoms with van der Waals surface area (Å²) in [6.07, 6.45) is 0. The van der Waals surface area contributed by atoms with Gasteiger partial charge in [0.15, 0.2) is 0 Å². The maximum absolute atomic E-state index is 6.96. The van der Waals surface area contributed by atoms with E-state index in [0.29, 0.717) is 0 Å². The highest BCUT2D eigenvalue weighted by Gasteiger charge is 2.36. The number of rotatable bonds is 5. The minimum atomic E-state index is -0.138. The number of hydrogen-bond acceptors (Lipinski definition) is 3. The zero-order valence-corrected chi connectivity index (χ0v) is 32.2. The first-order valence-corrected chi connectivity index (χ1v) is 20.0. The maximum atomic E-state index is 6.96. The van der Waals surface area contributed by atoms with Crippen LogP contribution >= 0.6 is 0 Å². The van der Waals surface area contributed by atoms with Gasteiger partial charge < -0.3 is 13.7 Å². The van der Waals surface area contributed by atoms with Gasteiger partial charge in [-0.05, 0) is 110 Å². The fourth-order valence-corrected chi connectivity index (χ4v) is 9.60. The summed E-state index contributed by atoms with van der Waals surface area (Å²) < 4.78 is 13.6. The molecule has 0 spiro atoms. The monoisotopic (exact) mass is 743 g/mol. The number of benzene rings is 9. The molecule has 11 aromatic rings. The molecular weight excluding hydrogens is 707 g/mol. The van der Waals surface area contributed by atoms with Crippen molar-refractivity contribution < 1.29 is 8.83 Å². The summed E-state index contributed by atoms with van der Waals surface area (Å²) in [4.78, 5) is 2.40. The van der Waals surface area contributed by atoms with Gasteiger partial charge in [0.1, 0.15) is 22.3 Å². The second-order valence-corrected chi connectivity index (χ2v) is 16.1. The van der Waals surface area contributed by atoms with E-state index in [1.54, 1.807) is 0 Å². The fraction of sp³-hybridized carbons (Fsp3) is 0.0545. The zero-order chi connectivity index (χ0) is 38.5. The summed E-state index contributed by atoms with van der Waals surface area (Å²) >= 11 is 0. The Morgan fingerprint density at radius 2 is 1.10 bits per heavy atom. The second kappa shape index (κ2) is 12.3. The lowest BCUT2D eigenvalue weighted by Crippen LogP contribution is -2.16. The smallest absolute Gasteiger partial charge is 0.144 e. The van der Waals surface area contributed by atoms with Crippen molar-refractivity contribution in [2.24, 2.45) is 0 Å². The Bertz CT molecular complexity index is 3440. The third-order valence-electron chi connectivity index (χ3n) is 12.4. The summed E-state index contributed by atoms with van der Waals surface area (Å²) in [7, 11) is 0. The molecular formula is C55H37NO2. The molecule has 0 atom stereocenters. The normalized spacial score (nSPS) is 13.1. The first-order valence-electron chi connectivity index (χ1n) is 20.0. The van der Waals surface area contributed by atoms with Crippen molar-refractivity contribution in [3.8, 4) is 33.4 Å². The van der Waals surface area contributed by atoms with Crippen LogP contribution in [0, 0.1) is 0 Å². The van der Waals surface area contributed by atoms with E-state index in [9.17, 15) is 0 Å². The summed E-state index contributed by atoms with van der Waals surface area (Å²) in [5, 5.41) is 6.60. The molecule has 274 valence electrons. The molecule has 1 aliphatic rings. The lowest BCUT2D eigenvalue weighted by atomic mass is 9.82. The van der Waals surface area contributed by atoms with E-state index in [0.717, 1.165) is 72.1 Å². The Morgan fingerprint density at radius 1 is 0.397 bits per heavy atom. The topological polar surface area (TPSA) is 29.5 Å². The molecule has 0 fully saturated rings. The molecule has 0 unspecified atom stereocenters. The summed E-state index contributed by atoms with van der Waals surface area (Å²) in [6, 6.07) is 67.7. The molecule has 0 aliphatic heterocycles. The van der Waals surface area contributed by atoms with Crippen LogP contribution in [-0.2, 0) is 5.41 Å². The van der Waals surface area contributed by atoms with Crippen molar-refractivity contribution in [1.29, 1.82) is 0 Å². The van der Waals surface area contributed by atoms with Crippen LogP contribution in [0.25, 0.3) is 88.0 Å². The van der Waals surface area contributed by atoms with Crippen molar-refractivity contribution >= 4 is 71.7 Å². The van der Waals surface area contributed by atoms with E-state index in [1.807, 2.05) is 6.07 Å². The first-order chi connectivity index (χ1) is 28.5. The van der Waals surface area contributed by atoms with Gasteiger partial charge in [-0.1, -0.05) is 141 Å². The standard InChI is InChI=1S/C55H37NO2/c1-55(2)47-21-10-8-19-42(47)43-27-25-41(32-48(43)55)56(39-18-12-17-37(30-39)34-13-4-3-5-14-34)40-26-28-50-45(31-40)46-33-51-53(44-20-9-11-22-49(44)57-51)52(54(46)58-50)38-24-23-35-15-6-7-16-36(35)29-38/h3-33H,1-2H3. The fourth-order valence-electron chi connectivity index (χ4n) is 9.60. The highest BCUT2D eigenvalue weighted by molar-refractivity contribution is 6.24. The van der Waals surface area contributed by atoms with Crippen molar-refractivity contribution in [3.63, 3.8) is 0 Å². The van der Waals surface area contributed by atoms with Crippen molar-refractivity contribution in [2.75, 3.05) is 4.90 Å². The van der Waals surface area contributed by atoms with Gasteiger partial charge in [-0.25, -0.2) is 0 Å². The van der Waals surface area contributed by atoms with E-state index in [4.69, 9.17) is 8.83 Å². The Kier molecular flexibility index (Phi) is 6.98. The van der Waals surface area contributed by atoms with E-state index >= 15 is 0 Å². The van der Waals surface area contributed by atoms with Crippen LogP contribution in [0.5, 0.6) is 0 Å². The van der Waals surface area contributed by atoms with Gasteiger partial charge in [0.2, 0.25) is 0 Å². The third-order valence-corrected chi connectivity index (χ3v) is 12.4. The van der Waals surface area contributed by atoms with Crippen LogP contribution in [0.15, 0.2) is 197 Å². The third kappa shape index (κ3) is 4.86. The predicted octanol–water partition coefficient (Wildman–Crippen LogP) is 15.7. The molecule has 0 amide bonds. The molecule has 9 aromatic carbocycles. The van der Waals surface area contributed by atoms with Gasteiger partial charge in [-0.3, -0.25) is 0 Å². The average molecular weight is 744 g/mol. The second-order valence-electron chi connectivity index (χ2n) is 16.1. The van der Waals surface area contributed by atoms with E-state index < -0.39 is 0 Å².